The Bertz CT molecular complexity index is 363. The Kier molecular flexibility index (Phi) is 4.41. The number of hydrogen-bond donors (Lipinski definition) is 1. The van der Waals surface area contributed by atoms with Crippen LogP contribution in [0.3, 0.4) is 0 Å². The molecule has 0 saturated heterocycles. The molecule has 0 unspecified atom stereocenters. The van der Waals surface area contributed by atoms with E-state index in [1.165, 1.54) is 36.8 Å². The summed E-state index contributed by atoms with van der Waals surface area (Å²) in [5.74, 6) is 0. The molecule has 18 heavy (non-hydrogen) atoms. The summed E-state index contributed by atoms with van der Waals surface area (Å²) in [6.45, 7) is 7.31. The summed E-state index contributed by atoms with van der Waals surface area (Å²) >= 11 is 0. The predicted octanol–water partition coefficient (Wildman–Crippen LogP) is 3.09. The minimum Gasteiger partial charge on any atom is -0.329 e. The van der Waals surface area contributed by atoms with Crippen molar-refractivity contribution >= 4 is 0 Å². The molecule has 1 fully saturated rings. The molecule has 0 aromatic heterocycles. The first kappa shape index (κ1) is 13.6. The van der Waals surface area contributed by atoms with Crippen LogP contribution in [-0.2, 0) is 6.54 Å². The Morgan fingerprint density at radius 3 is 2.28 bits per heavy atom. The fraction of sp³-hybridized carbons (Fsp3) is 0.625. The van der Waals surface area contributed by atoms with Gasteiger partial charge in [-0.25, -0.2) is 0 Å². The molecule has 1 aliphatic rings. The molecule has 0 heterocycles. The largest absolute Gasteiger partial charge is 0.329 e. The smallest absolute Gasteiger partial charge is 0.0335 e. The van der Waals surface area contributed by atoms with Gasteiger partial charge in [0.05, 0.1) is 0 Å². The lowest BCUT2D eigenvalue weighted by atomic mass is 9.94. The van der Waals surface area contributed by atoms with Gasteiger partial charge in [0.25, 0.3) is 0 Å². The third-order valence-corrected chi connectivity index (χ3v) is 4.46. The van der Waals surface area contributed by atoms with E-state index in [2.05, 4.69) is 43.0 Å². The van der Waals surface area contributed by atoms with Gasteiger partial charge in [-0.05, 0) is 31.9 Å². The van der Waals surface area contributed by atoms with Crippen LogP contribution < -0.4 is 5.73 Å². The van der Waals surface area contributed by atoms with Crippen molar-refractivity contribution in [2.75, 3.05) is 13.1 Å². The molecule has 2 N–H and O–H groups in total. The second-order valence-electron chi connectivity index (χ2n) is 5.64. The summed E-state index contributed by atoms with van der Waals surface area (Å²) in [5.41, 5.74) is 9.08. The van der Waals surface area contributed by atoms with Crippen LogP contribution in [-0.4, -0.2) is 23.5 Å². The quantitative estimate of drug-likeness (QED) is 0.865. The maximum absolute atomic E-state index is 6.08. The fourth-order valence-electron chi connectivity index (χ4n) is 3.21. The number of rotatable bonds is 5. The third kappa shape index (κ3) is 2.76. The molecule has 0 aliphatic heterocycles. The molecule has 100 valence electrons. The van der Waals surface area contributed by atoms with E-state index in [1.54, 1.807) is 0 Å². The molecule has 1 saturated carbocycles. The average Bonchev–Trinajstić information content (AvgIpc) is 2.88. The van der Waals surface area contributed by atoms with E-state index in [0.717, 1.165) is 19.6 Å². The van der Waals surface area contributed by atoms with E-state index in [9.17, 15) is 0 Å². The lowest BCUT2D eigenvalue weighted by molar-refractivity contribution is 0.0971. The highest BCUT2D eigenvalue weighted by Gasteiger charge is 2.37. The minimum absolute atomic E-state index is 0.264. The van der Waals surface area contributed by atoms with Crippen molar-refractivity contribution in [2.45, 2.75) is 51.6 Å². The molecule has 0 bridgehead atoms. The predicted molar refractivity (Wildman–Crippen MR) is 77.5 cm³/mol. The maximum Gasteiger partial charge on any atom is 0.0335 e. The molecule has 1 aromatic rings. The van der Waals surface area contributed by atoms with E-state index in [-0.39, 0.29) is 5.54 Å². The summed E-state index contributed by atoms with van der Waals surface area (Å²) in [4.78, 5) is 2.59. The standard InChI is InChI=1S/C16H26N2/c1-3-18(16(13-17)10-4-5-11-16)12-15-8-6-14(2)7-9-15/h6-9H,3-5,10-13,17H2,1-2H3. The van der Waals surface area contributed by atoms with Crippen LogP contribution in [0.2, 0.25) is 0 Å². The van der Waals surface area contributed by atoms with Gasteiger partial charge < -0.3 is 5.73 Å². The van der Waals surface area contributed by atoms with Gasteiger partial charge in [-0.15, -0.1) is 0 Å². The molecule has 1 aliphatic carbocycles. The Hall–Kier alpha value is -0.860. The molecule has 2 heteroatoms. The monoisotopic (exact) mass is 246 g/mol. The van der Waals surface area contributed by atoms with Gasteiger partial charge in [0.1, 0.15) is 0 Å². The highest BCUT2D eigenvalue weighted by Crippen LogP contribution is 2.35. The number of nitrogens with zero attached hydrogens (tertiary/aromatic N) is 1. The van der Waals surface area contributed by atoms with Crippen molar-refractivity contribution in [1.29, 1.82) is 0 Å². The lowest BCUT2D eigenvalue weighted by Gasteiger charge is -2.40. The van der Waals surface area contributed by atoms with Crippen molar-refractivity contribution in [1.82, 2.24) is 4.90 Å². The second kappa shape index (κ2) is 5.85. The van der Waals surface area contributed by atoms with Gasteiger partial charge in [-0.1, -0.05) is 49.6 Å². The van der Waals surface area contributed by atoms with Crippen LogP contribution in [0.5, 0.6) is 0 Å². The van der Waals surface area contributed by atoms with E-state index in [0.29, 0.717) is 0 Å². The molecular formula is C16H26N2. The van der Waals surface area contributed by atoms with Gasteiger partial charge in [-0.2, -0.15) is 0 Å². The van der Waals surface area contributed by atoms with Crippen molar-refractivity contribution in [3.63, 3.8) is 0 Å². The molecule has 0 atom stereocenters. The number of likely N-dealkylation sites (N-methyl/N-ethyl adjacent to an activating group) is 1. The van der Waals surface area contributed by atoms with Crippen LogP contribution in [0.25, 0.3) is 0 Å². The summed E-state index contributed by atoms with van der Waals surface area (Å²) in [5, 5.41) is 0. The Morgan fingerprint density at radius 2 is 1.78 bits per heavy atom. The Labute approximate surface area is 111 Å². The number of nitrogens with two attached hydrogens (primary N) is 1. The van der Waals surface area contributed by atoms with E-state index >= 15 is 0 Å². The highest BCUT2D eigenvalue weighted by atomic mass is 15.2. The number of hydrogen-bond acceptors (Lipinski definition) is 2. The summed E-state index contributed by atoms with van der Waals surface area (Å²) in [6.07, 6.45) is 5.20. The first-order valence-corrected chi connectivity index (χ1v) is 7.21. The molecule has 0 spiro atoms. The second-order valence-corrected chi connectivity index (χ2v) is 5.64. The van der Waals surface area contributed by atoms with Crippen molar-refractivity contribution < 1.29 is 0 Å². The van der Waals surface area contributed by atoms with Crippen molar-refractivity contribution in [3.05, 3.63) is 35.4 Å². The van der Waals surface area contributed by atoms with Gasteiger partial charge in [0, 0.05) is 18.6 Å². The lowest BCUT2D eigenvalue weighted by Crippen LogP contribution is -2.51. The normalized spacial score (nSPS) is 18.4. The summed E-state index contributed by atoms with van der Waals surface area (Å²) < 4.78 is 0. The topological polar surface area (TPSA) is 29.3 Å². The van der Waals surface area contributed by atoms with Crippen molar-refractivity contribution in [3.8, 4) is 0 Å². The zero-order chi connectivity index (χ0) is 13.0. The van der Waals surface area contributed by atoms with Gasteiger partial charge in [0.2, 0.25) is 0 Å². The van der Waals surface area contributed by atoms with Gasteiger partial charge in [-0.3, -0.25) is 4.90 Å². The van der Waals surface area contributed by atoms with E-state index in [4.69, 9.17) is 5.73 Å². The molecule has 1 aromatic carbocycles. The first-order chi connectivity index (χ1) is 8.70. The highest BCUT2D eigenvalue weighted by molar-refractivity contribution is 5.21. The van der Waals surface area contributed by atoms with E-state index in [1.807, 2.05) is 0 Å². The van der Waals surface area contributed by atoms with Crippen LogP contribution in [0, 0.1) is 6.92 Å². The number of aryl methyl sites for hydroxylation is 1. The third-order valence-electron chi connectivity index (χ3n) is 4.46. The maximum atomic E-state index is 6.08. The molecular weight excluding hydrogens is 220 g/mol. The SMILES string of the molecule is CCN(Cc1ccc(C)cc1)C1(CN)CCCC1. The summed E-state index contributed by atoms with van der Waals surface area (Å²) in [7, 11) is 0. The molecule has 0 radical (unpaired) electrons. The zero-order valence-corrected chi connectivity index (χ0v) is 11.8. The van der Waals surface area contributed by atoms with Crippen molar-refractivity contribution in [2.24, 2.45) is 5.73 Å². The van der Waals surface area contributed by atoms with Gasteiger partial charge in [0.15, 0.2) is 0 Å². The van der Waals surface area contributed by atoms with Crippen LogP contribution in [0.15, 0.2) is 24.3 Å². The minimum atomic E-state index is 0.264. The Morgan fingerprint density at radius 1 is 1.17 bits per heavy atom. The molecule has 2 rings (SSSR count). The van der Waals surface area contributed by atoms with Crippen LogP contribution in [0.1, 0.15) is 43.7 Å². The zero-order valence-electron chi connectivity index (χ0n) is 11.8. The van der Waals surface area contributed by atoms with E-state index < -0.39 is 0 Å². The molecule has 0 amide bonds. The average molecular weight is 246 g/mol. The van der Waals surface area contributed by atoms with Gasteiger partial charge >= 0.3 is 0 Å². The van der Waals surface area contributed by atoms with Crippen LogP contribution in [0.4, 0.5) is 0 Å². The molecule has 2 nitrogen and oxygen atoms in total. The fourth-order valence-corrected chi connectivity index (χ4v) is 3.21. The first-order valence-electron chi connectivity index (χ1n) is 7.21. The Balaban J connectivity index is 2.11. The van der Waals surface area contributed by atoms with Crippen LogP contribution >= 0.6 is 0 Å². The number of benzene rings is 1. The summed E-state index contributed by atoms with van der Waals surface area (Å²) in [6, 6.07) is 8.90.